The third-order valence-electron chi connectivity index (χ3n) is 17.3. The topological polar surface area (TPSA) is 363 Å². The van der Waals surface area contributed by atoms with Crippen LogP contribution in [0.2, 0.25) is 0 Å². The van der Waals surface area contributed by atoms with Gasteiger partial charge in [-0.2, -0.15) is 0 Å². The average Bonchev–Trinajstić information content (AvgIpc) is 1.31. The summed E-state index contributed by atoms with van der Waals surface area (Å²) in [6, 6.07) is 6.73. The molecule has 2 aromatic heterocycles. The Kier molecular flexibility index (Phi) is 26.6. The van der Waals surface area contributed by atoms with E-state index in [1.165, 1.54) is 71.7 Å². The molecule has 4 bridgehead atoms. The number of methoxy groups -OCH3 is 1. The molecule has 0 aliphatic carbocycles. The Balaban J connectivity index is 0.000000467. The number of aliphatic hydroxyl groups is 5. The maximum Gasteiger partial charge on any atom is 0.307 e. The molecule has 2 amide bonds. The largest absolute Gasteiger partial charge is 0.507 e. The number of carbonyl (C=O) groups excluding carboxylic acids is 3. The van der Waals surface area contributed by atoms with Crippen LogP contribution in [0.5, 0.6) is 11.5 Å². The highest BCUT2D eigenvalue weighted by Gasteiger charge is 2.44. The highest BCUT2D eigenvalue weighted by molar-refractivity contribution is 6.17. The van der Waals surface area contributed by atoms with E-state index in [9.17, 15) is 44.4 Å². The number of aromatic nitrogens is 2. The molecule has 25 nitrogen and oxygen atoms in total. The average molecular weight is 1280 g/mol. The molecule has 12 N–H and O–H groups in total. The van der Waals surface area contributed by atoms with Crippen molar-refractivity contribution in [1.29, 1.82) is 0 Å². The molecule has 8 rings (SSSR count). The number of esters is 1. The first-order valence-corrected chi connectivity index (χ1v) is 31.4. The van der Waals surface area contributed by atoms with Crippen LogP contribution < -0.4 is 52.9 Å². The first-order chi connectivity index (χ1) is 43.7. The zero-order valence-electron chi connectivity index (χ0n) is 55.1. The highest BCUT2D eigenvalue weighted by Crippen LogP contribution is 2.42. The summed E-state index contributed by atoms with van der Waals surface area (Å²) in [5.74, 6) is -1.85. The molecule has 11 atom stereocenters. The number of rotatable bonds is 15. The van der Waals surface area contributed by atoms with Crippen LogP contribution in [-0.4, -0.2) is 172 Å². The van der Waals surface area contributed by atoms with Crippen LogP contribution in [0.3, 0.4) is 0 Å². The molecular formula is C67H95N9O16. The summed E-state index contributed by atoms with van der Waals surface area (Å²) in [7, 11) is 1.45. The number of nitrogens with zero attached hydrogens (tertiary/aromatic N) is 4. The molecule has 0 unspecified atom stereocenters. The van der Waals surface area contributed by atoms with Crippen molar-refractivity contribution in [2.75, 3.05) is 76.4 Å². The fraction of sp³-hybridized carbons (Fsp3) is 0.537. The molecule has 1 saturated heterocycles. The molecule has 0 saturated carbocycles. The minimum Gasteiger partial charge on any atom is -0.507 e. The van der Waals surface area contributed by atoms with E-state index in [-0.39, 0.29) is 92.0 Å². The Morgan fingerprint density at radius 3 is 2.08 bits per heavy atom. The van der Waals surface area contributed by atoms with E-state index in [2.05, 4.69) is 44.6 Å². The molecular weight excluding hydrogens is 1190 g/mol. The number of phenolic OH excluding ortho intramolecular Hbond substituents is 1. The second kappa shape index (κ2) is 33.3. The van der Waals surface area contributed by atoms with Gasteiger partial charge in [-0.3, -0.25) is 39.3 Å². The van der Waals surface area contributed by atoms with E-state index in [4.69, 9.17) is 44.4 Å². The van der Waals surface area contributed by atoms with E-state index in [0.717, 1.165) is 45.6 Å². The molecule has 1 fully saturated rings. The van der Waals surface area contributed by atoms with Gasteiger partial charge < -0.3 is 74.9 Å². The summed E-state index contributed by atoms with van der Waals surface area (Å²) in [6.07, 6.45) is 8.51. The number of carbonyl (C=O) groups is 3. The van der Waals surface area contributed by atoms with Gasteiger partial charge in [-0.15, -0.1) is 0 Å². The lowest BCUT2D eigenvalue weighted by Crippen LogP contribution is -2.47. The van der Waals surface area contributed by atoms with Gasteiger partial charge in [-0.25, -0.2) is 10.8 Å². The quantitative estimate of drug-likeness (QED) is 0.0128. The number of aliphatic hydroxyl groups excluding tert-OH is 5. The predicted molar refractivity (Wildman–Crippen MR) is 353 cm³/mol. The zero-order chi connectivity index (χ0) is 67.9. The third kappa shape index (κ3) is 17.4. The van der Waals surface area contributed by atoms with Crippen LogP contribution in [0.1, 0.15) is 105 Å². The number of amides is 2. The number of ether oxygens (including phenoxy) is 4. The minimum absolute atomic E-state index is 0.0390. The SMILES string of the molecule is CC[C@@H](CO)NCCN[C@@H](CC)CO.CO[C@H]1/C=C/O[C@@]2(C)Oc3c(C)c(O)c4c(=O)c(c5oc6cc(N7CCN(CC(C)C)CC7)cc(=O)c6nc5c4c3=C2O)NC(=O)/C(C)=C\C=C\[C@H](C)[C@H](O)[C@@H](C)[C@@H](O)[C@@H](C)[C@H](OC(C)=O)[C@@H]1C.NNC(=O)c1ccncc1. The van der Waals surface area contributed by atoms with Crippen LogP contribution >= 0.6 is 0 Å². The van der Waals surface area contributed by atoms with Crippen molar-refractivity contribution >= 4 is 67.9 Å². The van der Waals surface area contributed by atoms with Crippen LogP contribution in [0, 0.1) is 36.5 Å². The summed E-state index contributed by atoms with van der Waals surface area (Å²) in [5, 5.41) is 73.6. The molecule has 25 heteroatoms. The number of nitrogen functional groups attached to an aromatic ring is 1. The Labute approximate surface area is 536 Å². The van der Waals surface area contributed by atoms with Gasteiger partial charge in [0.15, 0.2) is 22.4 Å². The maximum atomic E-state index is 14.9. The van der Waals surface area contributed by atoms with Crippen LogP contribution in [0.15, 0.2) is 86.8 Å². The molecule has 3 aliphatic heterocycles. The van der Waals surface area contributed by atoms with Crippen molar-refractivity contribution in [1.82, 2.24) is 30.9 Å². The molecule has 3 aromatic carbocycles. The summed E-state index contributed by atoms with van der Waals surface area (Å²) >= 11 is 0. The number of nitrogens with one attached hydrogen (secondary N) is 4. The van der Waals surface area contributed by atoms with Gasteiger partial charge in [0.2, 0.25) is 10.9 Å². The van der Waals surface area contributed by atoms with Gasteiger partial charge >= 0.3 is 11.8 Å². The van der Waals surface area contributed by atoms with Gasteiger partial charge in [0, 0.05) is 155 Å². The molecule has 0 spiro atoms. The molecule has 3 aliphatic rings. The Morgan fingerprint density at radius 2 is 1.51 bits per heavy atom. The van der Waals surface area contributed by atoms with E-state index in [1.807, 2.05) is 19.3 Å². The summed E-state index contributed by atoms with van der Waals surface area (Å²) < 4.78 is 30.5. The number of phenols is 1. The molecule has 0 radical (unpaired) electrons. The second-order valence-corrected chi connectivity index (χ2v) is 24.4. The normalized spacial score (nSPS) is 25.1. The lowest BCUT2D eigenvalue weighted by molar-refractivity contribution is -0.160. The number of hydrazine groups is 1. The molecule has 92 heavy (non-hydrogen) atoms. The molecule has 504 valence electrons. The molecule has 5 heterocycles. The number of pyridine rings is 1. The zero-order valence-corrected chi connectivity index (χ0v) is 55.1. The molecule has 5 aromatic rings. The van der Waals surface area contributed by atoms with Gasteiger partial charge in [-0.1, -0.05) is 73.6 Å². The number of hydrogen-bond acceptors (Lipinski definition) is 23. The van der Waals surface area contributed by atoms with Gasteiger partial charge in [0.05, 0.1) is 48.4 Å². The van der Waals surface area contributed by atoms with Crippen molar-refractivity contribution < 1.29 is 68.4 Å². The fourth-order valence-electron chi connectivity index (χ4n) is 11.6. The second-order valence-electron chi connectivity index (χ2n) is 24.4. The van der Waals surface area contributed by atoms with Crippen molar-refractivity contribution in [3.8, 4) is 11.5 Å². The number of aromatic hydroxyl groups is 1. The van der Waals surface area contributed by atoms with Crippen LogP contribution in [0.4, 0.5) is 11.4 Å². The fourth-order valence-corrected chi connectivity index (χ4v) is 11.6. The number of benzene rings is 3. The number of anilines is 2. The van der Waals surface area contributed by atoms with E-state index in [0.29, 0.717) is 30.3 Å². The number of hydrogen-bond donors (Lipinski definition) is 11. The smallest absolute Gasteiger partial charge is 0.307 e. The monoisotopic (exact) mass is 1280 g/mol. The van der Waals surface area contributed by atoms with Crippen LogP contribution in [0.25, 0.3) is 38.7 Å². The first kappa shape index (κ1) is 73.5. The first-order valence-electron chi connectivity index (χ1n) is 31.4. The van der Waals surface area contributed by atoms with Crippen LogP contribution in [-0.2, 0) is 23.8 Å². The third-order valence-corrected chi connectivity index (χ3v) is 17.3. The number of piperazine rings is 1. The number of nitrogens with two attached hydrogens (primary N) is 1. The summed E-state index contributed by atoms with van der Waals surface area (Å²) in [5.41, 5.74) is 1.18. The van der Waals surface area contributed by atoms with Gasteiger partial charge in [0.1, 0.15) is 28.8 Å². The van der Waals surface area contributed by atoms with Crippen molar-refractivity contribution in [2.45, 2.75) is 138 Å². The standard InChI is InChI=1S/C51H64N4O13.C10H24N2O2.C6H7N3O/c1-24(2)23-54-16-18-55(19-17-54)32-21-33(57)39-35(22-32)67-48-40(52-39)36-37-44(60)30(8)47-38(36)49(62)51(10,68-47)65-20-15-34(64-11)27(5)46(66-31(9)56)29(7)43(59)28(6)42(58)25(3)13-12-14-26(4)50(63)53-41(48)45(37)61;1-3-9(7-13)11-5-6-12-10(4-2)8-14;7-9-6(10)5-1-3-8-4-2-5/h12-15,20-22,24-25,27-29,34,42-43,46,58-60,62H,16-19,23H2,1-11H3,(H,53,63);9-14H,3-8H2,1-2H3;1-4H,7H2,(H,9,10)/b13-12+,20-15+,26-14-;;/t25-,27+,28+,29+,34-,42-,43+,46+,51-;9-,10-;/m00./s1. The highest BCUT2D eigenvalue weighted by atomic mass is 16.7. The van der Waals surface area contributed by atoms with Gasteiger partial charge in [-0.05, 0) is 50.8 Å². The Morgan fingerprint density at radius 1 is 0.880 bits per heavy atom. The number of allylic oxidation sites excluding steroid dienone is 2. The van der Waals surface area contributed by atoms with E-state index in [1.54, 1.807) is 58.0 Å². The van der Waals surface area contributed by atoms with Gasteiger partial charge in [0.25, 0.3) is 11.8 Å². The Hall–Kier alpha value is -7.59. The number of fused-ring (bicyclic) bond motifs is 2. The predicted octanol–water partition coefficient (Wildman–Crippen LogP) is 4.73. The lowest BCUT2D eigenvalue weighted by Gasteiger charge is -2.38. The summed E-state index contributed by atoms with van der Waals surface area (Å²) in [4.78, 5) is 79.2. The minimum atomic E-state index is -1.98. The van der Waals surface area contributed by atoms with Crippen molar-refractivity contribution in [3.63, 3.8) is 0 Å². The Bertz CT molecular complexity index is 3610. The van der Waals surface area contributed by atoms with E-state index < -0.39 is 88.1 Å². The van der Waals surface area contributed by atoms with Crippen molar-refractivity contribution in [2.24, 2.45) is 35.4 Å². The van der Waals surface area contributed by atoms with E-state index >= 15 is 0 Å². The van der Waals surface area contributed by atoms with Crippen molar-refractivity contribution in [3.05, 3.63) is 110 Å². The lowest BCUT2D eigenvalue weighted by atomic mass is 9.78. The maximum absolute atomic E-state index is 14.9. The summed E-state index contributed by atoms with van der Waals surface area (Å²) in [6.45, 7) is 26.9.